The number of nitrogens with two attached hydrogens (primary N) is 1. The van der Waals surface area contributed by atoms with Crippen LogP contribution in [0.2, 0.25) is 0 Å². The van der Waals surface area contributed by atoms with Gasteiger partial charge >= 0.3 is 0 Å². The summed E-state index contributed by atoms with van der Waals surface area (Å²) in [6.07, 6.45) is 3.87. The van der Waals surface area contributed by atoms with Crippen LogP contribution in [0.15, 0.2) is 24.3 Å². The molecule has 0 saturated heterocycles. The third-order valence-corrected chi connectivity index (χ3v) is 3.76. The van der Waals surface area contributed by atoms with Crippen molar-refractivity contribution in [3.63, 3.8) is 0 Å². The summed E-state index contributed by atoms with van der Waals surface area (Å²) in [6, 6.07) is 7.75. The van der Waals surface area contributed by atoms with Crippen molar-refractivity contribution < 1.29 is 14.3 Å². The smallest absolute Gasteiger partial charge is 0.251 e. The van der Waals surface area contributed by atoms with Gasteiger partial charge in [-0.1, -0.05) is 6.07 Å². The van der Waals surface area contributed by atoms with E-state index in [1.165, 1.54) is 0 Å². The summed E-state index contributed by atoms with van der Waals surface area (Å²) in [5.74, 6) is 0.637. The summed E-state index contributed by atoms with van der Waals surface area (Å²) in [4.78, 5) is 12.3. The maximum absolute atomic E-state index is 12.3. The summed E-state index contributed by atoms with van der Waals surface area (Å²) in [5, 5.41) is 3.08. The van der Waals surface area contributed by atoms with Crippen molar-refractivity contribution in [2.75, 3.05) is 20.3 Å². The molecule has 124 valence electrons. The first-order valence-corrected chi connectivity index (χ1v) is 7.47. The average molecular weight is 329 g/mol. The number of carbonyl (C=O) groups is 1. The van der Waals surface area contributed by atoms with Crippen molar-refractivity contribution in [1.29, 1.82) is 0 Å². The molecule has 1 aromatic carbocycles. The van der Waals surface area contributed by atoms with Gasteiger partial charge in [0, 0.05) is 24.8 Å². The predicted octanol–water partition coefficient (Wildman–Crippen LogP) is 2.13. The molecule has 6 heteroatoms. The van der Waals surface area contributed by atoms with E-state index in [2.05, 4.69) is 5.32 Å². The number of nitrogens with one attached hydrogen (secondary N) is 1. The van der Waals surface area contributed by atoms with Crippen LogP contribution in [0.4, 0.5) is 0 Å². The summed E-state index contributed by atoms with van der Waals surface area (Å²) in [7, 11) is 1.63. The van der Waals surface area contributed by atoms with Gasteiger partial charge in [0.25, 0.3) is 5.91 Å². The number of hydrogen-bond acceptors (Lipinski definition) is 4. The van der Waals surface area contributed by atoms with Crippen molar-refractivity contribution in [2.24, 2.45) is 5.73 Å². The molecule has 0 aromatic heterocycles. The van der Waals surface area contributed by atoms with Crippen molar-refractivity contribution in [3.05, 3.63) is 29.8 Å². The van der Waals surface area contributed by atoms with Crippen LogP contribution in [0.1, 0.15) is 36.0 Å². The second-order valence-corrected chi connectivity index (χ2v) is 5.45. The number of halogens is 1. The minimum absolute atomic E-state index is 0. The zero-order chi connectivity index (χ0) is 15.1. The first kappa shape index (κ1) is 18.7. The number of benzene rings is 1. The number of carbonyl (C=O) groups excluding carboxylic acids is 1. The maximum atomic E-state index is 12.3. The molecule has 5 nitrogen and oxygen atoms in total. The maximum Gasteiger partial charge on any atom is 0.251 e. The second-order valence-electron chi connectivity index (χ2n) is 5.45. The first-order valence-electron chi connectivity index (χ1n) is 7.47. The summed E-state index contributed by atoms with van der Waals surface area (Å²) in [5.41, 5.74) is 6.50. The lowest BCUT2D eigenvalue weighted by atomic mass is 9.91. The molecule has 1 saturated carbocycles. The quantitative estimate of drug-likeness (QED) is 0.785. The van der Waals surface area contributed by atoms with E-state index in [0.29, 0.717) is 24.5 Å². The van der Waals surface area contributed by atoms with E-state index in [4.69, 9.17) is 15.2 Å². The normalized spacial score (nSPS) is 20.8. The molecule has 1 aliphatic rings. The van der Waals surface area contributed by atoms with Gasteiger partial charge in [0.15, 0.2) is 0 Å². The van der Waals surface area contributed by atoms with Crippen LogP contribution in [0, 0.1) is 0 Å². The Morgan fingerprint density at radius 3 is 2.68 bits per heavy atom. The highest BCUT2D eigenvalue weighted by molar-refractivity contribution is 5.94. The van der Waals surface area contributed by atoms with Crippen LogP contribution in [-0.4, -0.2) is 38.3 Å². The van der Waals surface area contributed by atoms with E-state index in [-0.39, 0.29) is 30.4 Å². The highest BCUT2D eigenvalue weighted by atomic mass is 35.5. The molecule has 2 rings (SSSR count). The van der Waals surface area contributed by atoms with Gasteiger partial charge in [-0.15, -0.1) is 12.4 Å². The fourth-order valence-corrected chi connectivity index (χ4v) is 2.50. The number of rotatable bonds is 6. The summed E-state index contributed by atoms with van der Waals surface area (Å²) in [6.45, 7) is 1.00. The van der Waals surface area contributed by atoms with Crippen LogP contribution >= 0.6 is 12.4 Å². The average Bonchev–Trinajstić information content (AvgIpc) is 2.50. The first-order chi connectivity index (χ1) is 10.2. The lowest BCUT2D eigenvalue weighted by Crippen LogP contribution is -2.40. The second kappa shape index (κ2) is 9.66. The van der Waals surface area contributed by atoms with Gasteiger partial charge in [0.05, 0.1) is 6.61 Å². The van der Waals surface area contributed by atoms with Gasteiger partial charge in [-0.2, -0.15) is 0 Å². The van der Waals surface area contributed by atoms with Crippen LogP contribution in [-0.2, 0) is 4.74 Å². The standard InChI is InChI=1S/C16H24N2O3.ClH/c1-20-9-10-21-15-4-2-3-12(11-15)16(19)18-14-7-5-13(17)6-8-14;/h2-4,11,13-14H,5-10,17H2,1H3,(H,18,19);1H. The number of hydrogen-bond donors (Lipinski definition) is 2. The van der Waals surface area contributed by atoms with Crippen molar-refractivity contribution in [1.82, 2.24) is 5.32 Å². The van der Waals surface area contributed by atoms with Crippen LogP contribution in [0.25, 0.3) is 0 Å². The van der Waals surface area contributed by atoms with Gasteiger partial charge in [-0.3, -0.25) is 4.79 Å². The van der Waals surface area contributed by atoms with E-state index < -0.39 is 0 Å². The number of ether oxygens (including phenoxy) is 2. The van der Waals surface area contributed by atoms with Crippen molar-refractivity contribution in [2.45, 2.75) is 37.8 Å². The zero-order valence-corrected chi connectivity index (χ0v) is 13.7. The Morgan fingerprint density at radius 2 is 2.00 bits per heavy atom. The molecular formula is C16H25ClN2O3. The SMILES string of the molecule is COCCOc1cccc(C(=O)NC2CCC(N)CC2)c1.Cl. The lowest BCUT2D eigenvalue weighted by Gasteiger charge is -2.26. The zero-order valence-electron chi connectivity index (χ0n) is 12.9. The van der Waals surface area contributed by atoms with Crippen LogP contribution in [0.3, 0.4) is 0 Å². The molecule has 0 bridgehead atoms. The summed E-state index contributed by atoms with van der Waals surface area (Å²) < 4.78 is 10.5. The molecule has 22 heavy (non-hydrogen) atoms. The molecule has 1 aromatic rings. The van der Waals surface area contributed by atoms with Gasteiger partial charge in [-0.05, 0) is 43.9 Å². The molecule has 0 unspecified atom stereocenters. The molecule has 0 spiro atoms. The summed E-state index contributed by atoms with van der Waals surface area (Å²) >= 11 is 0. The fraction of sp³-hybridized carbons (Fsp3) is 0.562. The Balaban J connectivity index is 0.00000242. The highest BCUT2D eigenvalue weighted by Gasteiger charge is 2.20. The molecule has 0 radical (unpaired) electrons. The third-order valence-electron chi connectivity index (χ3n) is 3.76. The van der Waals surface area contributed by atoms with Crippen LogP contribution in [0.5, 0.6) is 5.75 Å². The van der Waals surface area contributed by atoms with Crippen LogP contribution < -0.4 is 15.8 Å². The molecule has 0 atom stereocenters. The predicted molar refractivity (Wildman–Crippen MR) is 88.8 cm³/mol. The molecular weight excluding hydrogens is 304 g/mol. The molecule has 1 aliphatic carbocycles. The van der Waals surface area contributed by atoms with E-state index in [9.17, 15) is 4.79 Å². The third kappa shape index (κ3) is 5.83. The highest BCUT2D eigenvalue weighted by Crippen LogP contribution is 2.18. The van der Waals surface area contributed by atoms with E-state index in [1.54, 1.807) is 19.2 Å². The Kier molecular flexibility index (Phi) is 8.24. The topological polar surface area (TPSA) is 73.6 Å². The lowest BCUT2D eigenvalue weighted by molar-refractivity contribution is 0.0925. The monoisotopic (exact) mass is 328 g/mol. The van der Waals surface area contributed by atoms with Crippen molar-refractivity contribution in [3.8, 4) is 5.75 Å². The van der Waals surface area contributed by atoms with Gasteiger partial charge in [0.1, 0.15) is 12.4 Å². The van der Waals surface area contributed by atoms with E-state index in [1.807, 2.05) is 12.1 Å². The largest absolute Gasteiger partial charge is 0.491 e. The number of amides is 1. The molecule has 0 aliphatic heterocycles. The minimum atomic E-state index is -0.0485. The van der Waals surface area contributed by atoms with E-state index in [0.717, 1.165) is 25.7 Å². The van der Waals surface area contributed by atoms with Gasteiger partial charge < -0.3 is 20.5 Å². The molecule has 1 fully saturated rings. The Bertz CT molecular complexity index is 462. The van der Waals surface area contributed by atoms with Gasteiger partial charge in [0.2, 0.25) is 0 Å². The molecule has 0 heterocycles. The fourth-order valence-electron chi connectivity index (χ4n) is 2.50. The minimum Gasteiger partial charge on any atom is -0.491 e. The Hall–Kier alpha value is -1.30. The Morgan fingerprint density at radius 1 is 1.27 bits per heavy atom. The molecule has 3 N–H and O–H groups in total. The molecule has 1 amide bonds. The van der Waals surface area contributed by atoms with Crippen molar-refractivity contribution >= 4 is 18.3 Å². The van der Waals surface area contributed by atoms with E-state index >= 15 is 0 Å². The van der Waals surface area contributed by atoms with Gasteiger partial charge in [-0.25, -0.2) is 0 Å². The number of methoxy groups -OCH3 is 1. The Labute approximate surface area is 138 Å².